The van der Waals surface area contributed by atoms with E-state index in [1.54, 1.807) is 6.92 Å². The lowest BCUT2D eigenvalue weighted by Gasteiger charge is -2.23. The molecule has 2 N–H and O–H groups in total. The minimum atomic E-state index is -1.07. The maximum atomic E-state index is 13.1. The first kappa shape index (κ1) is 24.9. The van der Waals surface area contributed by atoms with Crippen LogP contribution < -0.4 is 10.6 Å². The summed E-state index contributed by atoms with van der Waals surface area (Å²) in [5, 5.41) is 5.38. The number of hydrogen-bond acceptors (Lipinski definition) is 7. The van der Waals surface area contributed by atoms with Gasteiger partial charge in [-0.3, -0.25) is 9.59 Å². The summed E-state index contributed by atoms with van der Waals surface area (Å²) in [4.78, 5) is 48.9. The summed E-state index contributed by atoms with van der Waals surface area (Å²) in [6.07, 6.45) is -1.19. The van der Waals surface area contributed by atoms with Gasteiger partial charge in [0.05, 0.1) is 12.6 Å². The molecule has 0 saturated carbocycles. The lowest BCUT2D eigenvalue weighted by Crippen LogP contribution is -2.53. The molecule has 0 bridgehead atoms. The fraction of sp³-hybridized carbons (Fsp3) is 0.360. The number of rotatable bonds is 10. The quantitative estimate of drug-likeness (QED) is 0.405. The van der Waals surface area contributed by atoms with Gasteiger partial charge in [-0.05, 0) is 17.5 Å². The van der Waals surface area contributed by atoms with E-state index in [0.29, 0.717) is 6.42 Å². The fourth-order valence-corrected chi connectivity index (χ4v) is 3.38. The summed E-state index contributed by atoms with van der Waals surface area (Å²) >= 11 is 0. The average molecular weight is 469 g/mol. The number of alkyl carbamates (subject to hydrolysis) is 1. The van der Waals surface area contributed by atoms with E-state index in [9.17, 15) is 19.2 Å². The largest absolute Gasteiger partial charge is 0.445 e. The van der Waals surface area contributed by atoms with Crippen LogP contribution in [0.15, 0.2) is 60.7 Å². The van der Waals surface area contributed by atoms with Crippen molar-refractivity contribution in [2.45, 2.75) is 51.2 Å². The van der Waals surface area contributed by atoms with Crippen molar-refractivity contribution in [2.75, 3.05) is 6.61 Å². The number of benzene rings is 2. The third-order valence-electron chi connectivity index (χ3n) is 5.24. The molecule has 1 fully saturated rings. The third-order valence-corrected chi connectivity index (χ3v) is 5.24. The highest BCUT2D eigenvalue weighted by Crippen LogP contribution is 2.16. The molecule has 2 amide bonds. The van der Waals surface area contributed by atoms with E-state index in [-0.39, 0.29) is 26.1 Å². The SMILES string of the molecule is CCC(=O)C(=O)OC1OCC[C@@H]1NC(=O)[C@H](Cc1ccccc1)NC(=O)OCc1ccccc1. The van der Waals surface area contributed by atoms with Crippen LogP contribution in [0.1, 0.15) is 30.9 Å². The molecule has 2 aromatic rings. The zero-order valence-electron chi connectivity index (χ0n) is 18.9. The van der Waals surface area contributed by atoms with Gasteiger partial charge in [0.2, 0.25) is 18.0 Å². The number of Topliss-reactive ketones (excluding diaryl/α,β-unsaturated/α-hetero) is 1. The molecule has 0 radical (unpaired) electrons. The molecule has 1 heterocycles. The van der Waals surface area contributed by atoms with Crippen LogP contribution in [0.2, 0.25) is 0 Å². The summed E-state index contributed by atoms with van der Waals surface area (Å²) < 4.78 is 15.8. The van der Waals surface area contributed by atoms with Crippen LogP contribution in [0.3, 0.4) is 0 Å². The van der Waals surface area contributed by atoms with Crippen LogP contribution in [0, 0.1) is 0 Å². The van der Waals surface area contributed by atoms with Crippen molar-refractivity contribution in [1.29, 1.82) is 0 Å². The topological polar surface area (TPSA) is 120 Å². The first-order valence-electron chi connectivity index (χ1n) is 11.1. The summed E-state index contributed by atoms with van der Waals surface area (Å²) in [5.41, 5.74) is 1.65. The van der Waals surface area contributed by atoms with Gasteiger partial charge in [-0.2, -0.15) is 0 Å². The molecule has 1 aliphatic rings. The van der Waals surface area contributed by atoms with E-state index in [1.807, 2.05) is 60.7 Å². The normalized spacial score (nSPS) is 17.9. The molecule has 3 rings (SSSR count). The maximum Gasteiger partial charge on any atom is 0.408 e. The number of hydrogen-bond donors (Lipinski definition) is 2. The van der Waals surface area contributed by atoms with Crippen molar-refractivity contribution in [2.24, 2.45) is 0 Å². The monoisotopic (exact) mass is 468 g/mol. The van der Waals surface area contributed by atoms with Crippen molar-refractivity contribution in [3.63, 3.8) is 0 Å². The van der Waals surface area contributed by atoms with Crippen molar-refractivity contribution < 1.29 is 33.4 Å². The molecule has 0 spiro atoms. The Labute approximate surface area is 197 Å². The molecular weight excluding hydrogens is 440 g/mol. The fourth-order valence-electron chi connectivity index (χ4n) is 3.38. The summed E-state index contributed by atoms with van der Waals surface area (Å²) in [6, 6.07) is 16.8. The lowest BCUT2D eigenvalue weighted by molar-refractivity contribution is -0.177. The van der Waals surface area contributed by atoms with Crippen LogP contribution in [-0.2, 0) is 41.6 Å². The van der Waals surface area contributed by atoms with Gasteiger partial charge in [-0.25, -0.2) is 9.59 Å². The number of ether oxygens (including phenoxy) is 3. The molecular formula is C25H28N2O7. The van der Waals surface area contributed by atoms with Crippen LogP contribution in [0.25, 0.3) is 0 Å². The highest BCUT2D eigenvalue weighted by atomic mass is 16.7. The van der Waals surface area contributed by atoms with E-state index in [0.717, 1.165) is 11.1 Å². The molecule has 34 heavy (non-hydrogen) atoms. The molecule has 9 heteroatoms. The molecule has 1 unspecified atom stereocenters. The number of amides is 2. The Bertz CT molecular complexity index is 981. The Kier molecular flexibility index (Phi) is 9.16. The minimum Gasteiger partial charge on any atom is -0.445 e. The van der Waals surface area contributed by atoms with Gasteiger partial charge >= 0.3 is 12.1 Å². The predicted octanol–water partition coefficient (Wildman–Crippen LogP) is 2.28. The van der Waals surface area contributed by atoms with Crippen molar-refractivity contribution >= 4 is 23.8 Å². The van der Waals surface area contributed by atoms with Gasteiger partial charge in [-0.15, -0.1) is 0 Å². The van der Waals surface area contributed by atoms with Crippen LogP contribution in [0.4, 0.5) is 4.79 Å². The second kappa shape index (κ2) is 12.5. The molecule has 0 aliphatic carbocycles. The number of esters is 1. The van der Waals surface area contributed by atoms with Gasteiger partial charge in [0.15, 0.2) is 0 Å². The molecule has 3 atom stereocenters. The Balaban J connectivity index is 1.63. The number of ketones is 1. The van der Waals surface area contributed by atoms with Crippen LogP contribution >= 0.6 is 0 Å². The average Bonchev–Trinajstić information content (AvgIpc) is 3.29. The van der Waals surface area contributed by atoms with Crippen molar-refractivity contribution in [3.8, 4) is 0 Å². The number of carbonyl (C=O) groups excluding carboxylic acids is 4. The van der Waals surface area contributed by atoms with Gasteiger partial charge in [0.25, 0.3) is 0 Å². The standard InChI is InChI=1S/C25H28N2O7/c1-2-21(28)23(30)34-24-19(13-14-32-24)26-22(29)20(15-17-9-5-3-6-10-17)27-25(31)33-16-18-11-7-4-8-12-18/h3-12,19-20,24H,2,13-16H2,1H3,(H,26,29)(H,27,31)/t19-,20-,24?/m0/s1. The first-order chi connectivity index (χ1) is 16.5. The van der Waals surface area contributed by atoms with Crippen molar-refractivity contribution in [1.82, 2.24) is 10.6 Å². The highest BCUT2D eigenvalue weighted by Gasteiger charge is 2.35. The van der Waals surface area contributed by atoms with Gasteiger partial charge < -0.3 is 24.8 Å². The lowest BCUT2D eigenvalue weighted by atomic mass is 10.0. The van der Waals surface area contributed by atoms with E-state index in [1.165, 1.54) is 0 Å². The van der Waals surface area contributed by atoms with Gasteiger partial charge in [0.1, 0.15) is 12.6 Å². The Morgan fingerprint density at radius 3 is 2.29 bits per heavy atom. The van der Waals surface area contributed by atoms with E-state index in [2.05, 4.69) is 10.6 Å². The molecule has 0 aromatic heterocycles. The third kappa shape index (κ3) is 7.41. The second-order valence-corrected chi connectivity index (χ2v) is 7.77. The van der Waals surface area contributed by atoms with E-state index < -0.39 is 42.1 Å². The Morgan fingerprint density at radius 1 is 1.00 bits per heavy atom. The molecule has 9 nitrogen and oxygen atoms in total. The molecule has 2 aromatic carbocycles. The number of carbonyl (C=O) groups is 4. The van der Waals surface area contributed by atoms with Gasteiger partial charge in [0, 0.05) is 12.8 Å². The zero-order chi connectivity index (χ0) is 24.3. The summed E-state index contributed by atoms with van der Waals surface area (Å²) in [7, 11) is 0. The van der Waals surface area contributed by atoms with Crippen LogP contribution in [0.5, 0.6) is 0 Å². The molecule has 1 aliphatic heterocycles. The Morgan fingerprint density at radius 2 is 1.65 bits per heavy atom. The number of nitrogens with one attached hydrogen (secondary N) is 2. The summed E-state index contributed by atoms with van der Waals surface area (Å²) in [5.74, 6) is -2.17. The minimum absolute atomic E-state index is 0.0107. The first-order valence-corrected chi connectivity index (χ1v) is 11.1. The zero-order valence-corrected chi connectivity index (χ0v) is 18.9. The highest BCUT2D eigenvalue weighted by molar-refractivity contribution is 6.33. The second-order valence-electron chi connectivity index (χ2n) is 7.77. The van der Waals surface area contributed by atoms with E-state index >= 15 is 0 Å². The maximum absolute atomic E-state index is 13.1. The molecule has 1 saturated heterocycles. The van der Waals surface area contributed by atoms with E-state index in [4.69, 9.17) is 14.2 Å². The van der Waals surface area contributed by atoms with Gasteiger partial charge in [-0.1, -0.05) is 67.6 Å². The van der Waals surface area contributed by atoms with Crippen molar-refractivity contribution in [3.05, 3.63) is 71.8 Å². The molecule has 180 valence electrons. The predicted molar refractivity (Wildman–Crippen MR) is 121 cm³/mol. The summed E-state index contributed by atoms with van der Waals surface area (Å²) in [6.45, 7) is 1.86. The Hall–Kier alpha value is -3.72. The van der Waals surface area contributed by atoms with Crippen LogP contribution in [-0.4, -0.2) is 48.7 Å². The smallest absolute Gasteiger partial charge is 0.408 e.